The molecular formula is C15H18F3NO3. The predicted molar refractivity (Wildman–Crippen MR) is 73.3 cm³/mol. The van der Waals surface area contributed by atoms with E-state index in [1.165, 1.54) is 24.3 Å². The van der Waals surface area contributed by atoms with Gasteiger partial charge in [-0.15, -0.1) is 13.2 Å². The molecule has 7 heteroatoms. The number of aliphatic hydroxyl groups excluding tert-OH is 1. The van der Waals surface area contributed by atoms with Crippen molar-refractivity contribution in [2.24, 2.45) is 0 Å². The molecule has 1 aromatic carbocycles. The van der Waals surface area contributed by atoms with Crippen molar-refractivity contribution in [1.29, 1.82) is 0 Å². The van der Waals surface area contributed by atoms with Crippen molar-refractivity contribution in [2.45, 2.75) is 38.1 Å². The molecule has 0 atom stereocenters. The van der Waals surface area contributed by atoms with Crippen molar-refractivity contribution in [3.05, 3.63) is 29.8 Å². The highest BCUT2D eigenvalue weighted by Crippen LogP contribution is 2.23. The third-order valence-electron chi connectivity index (χ3n) is 3.60. The van der Waals surface area contributed by atoms with Gasteiger partial charge in [0.05, 0.1) is 6.10 Å². The number of carbonyl (C=O) groups excluding carboxylic acids is 1. The topological polar surface area (TPSA) is 49.8 Å². The number of hydrogen-bond acceptors (Lipinski definition) is 3. The Kier molecular flexibility index (Phi) is 5.28. The van der Waals surface area contributed by atoms with Crippen LogP contribution in [0.15, 0.2) is 24.3 Å². The molecule has 0 saturated carbocycles. The third-order valence-corrected chi connectivity index (χ3v) is 3.60. The van der Waals surface area contributed by atoms with E-state index in [1.807, 2.05) is 0 Å². The minimum Gasteiger partial charge on any atom is -0.406 e. The highest BCUT2D eigenvalue weighted by atomic mass is 19.4. The van der Waals surface area contributed by atoms with E-state index in [9.17, 15) is 23.1 Å². The van der Waals surface area contributed by atoms with Gasteiger partial charge in [-0.05, 0) is 37.0 Å². The second kappa shape index (κ2) is 7.00. The Bertz CT molecular complexity index is 494. The number of aryl methyl sites for hydroxylation is 1. The Balaban J connectivity index is 1.80. The molecule has 22 heavy (non-hydrogen) atoms. The highest BCUT2D eigenvalue weighted by Gasteiger charge is 2.31. The molecule has 0 aromatic heterocycles. The van der Waals surface area contributed by atoms with Gasteiger partial charge in [0.25, 0.3) is 0 Å². The molecule has 0 aliphatic carbocycles. The van der Waals surface area contributed by atoms with Crippen LogP contribution in [0.5, 0.6) is 5.75 Å². The summed E-state index contributed by atoms with van der Waals surface area (Å²) in [6.45, 7) is 1.11. The van der Waals surface area contributed by atoms with Crippen LogP contribution in [0.1, 0.15) is 24.8 Å². The molecule has 1 heterocycles. The van der Waals surface area contributed by atoms with E-state index in [0.29, 0.717) is 38.8 Å². The van der Waals surface area contributed by atoms with Gasteiger partial charge in [-0.1, -0.05) is 12.1 Å². The van der Waals surface area contributed by atoms with Gasteiger partial charge < -0.3 is 14.7 Å². The average molecular weight is 317 g/mol. The maximum absolute atomic E-state index is 12.0. The number of benzene rings is 1. The van der Waals surface area contributed by atoms with Gasteiger partial charge in [-0.25, -0.2) is 0 Å². The van der Waals surface area contributed by atoms with Crippen molar-refractivity contribution in [3.63, 3.8) is 0 Å². The van der Waals surface area contributed by atoms with Gasteiger partial charge in [0.15, 0.2) is 0 Å². The number of nitrogens with zero attached hydrogens (tertiary/aromatic N) is 1. The smallest absolute Gasteiger partial charge is 0.406 e. The largest absolute Gasteiger partial charge is 0.573 e. The van der Waals surface area contributed by atoms with Crippen LogP contribution in [0, 0.1) is 0 Å². The Morgan fingerprint density at radius 2 is 1.82 bits per heavy atom. The molecule has 1 aliphatic rings. The van der Waals surface area contributed by atoms with E-state index in [2.05, 4.69) is 4.74 Å². The van der Waals surface area contributed by atoms with E-state index < -0.39 is 6.36 Å². The first-order valence-electron chi connectivity index (χ1n) is 7.14. The molecular weight excluding hydrogens is 299 g/mol. The van der Waals surface area contributed by atoms with Crippen LogP contribution in [0.3, 0.4) is 0 Å². The first-order chi connectivity index (χ1) is 10.3. The summed E-state index contributed by atoms with van der Waals surface area (Å²) in [5, 5.41) is 9.39. The fraction of sp³-hybridized carbons (Fsp3) is 0.533. The van der Waals surface area contributed by atoms with Crippen LogP contribution in [0.25, 0.3) is 0 Å². The molecule has 1 fully saturated rings. The summed E-state index contributed by atoms with van der Waals surface area (Å²) >= 11 is 0. The van der Waals surface area contributed by atoms with Gasteiger partial charge in [0.1, 0.15) is 5.75 Å². The molecule has 4 nitrogen and oxygen atoms in total. The number of rotatable bonds is 4. The van der Waals surface area contributed by atoms with Crippen LogP contribution in [-0.4, -0.2) is 41.5 Å². The zero-order chi connectivity index (χ0) is 16.2. The molecule has 0 radical (unpaired) electrons. The van der Waals surface area contributed by atoms with E-state index >= 15 is 0 Å². The highest BCUT2D eigenvalue weighted by molar-refractivity contribution is 5.76. The fourth-order valence-corrected chi connectivity index (χ4v) is 2.38. The molecule has 1 saturated heterocycles. The van der Waals surface area contributed by atoms with Crippen LogP contribution in [-0.2, 0) is 11.2 Å². The summed E-state index contributed by atoms with van der Waals surface area (Å²) < 4.78 is 39.9. The standard InChI is InChI=1S/C15H18F3NO3/c16-15(17,18)22-13-4-1-11(2-5-13)3-6-14(21)19-9-7-12(20)8-10-19/h1-2,4-5,12,20H,3,6-10H2. The van der Waals surface area contributed by atoms with Crippen LogP contribution >= 0.6 is 0 Å². The van der Waals surface area contributed by atoms with Gasteiger partial charge in [0, 0.05) is 19.5 Å². The van der Waals surface area contributed by atoms with E-state index in [-0.39, 0.29) is 17.8 Å². The number of alkyl halides is 3. The number of aliphatic hydroxyl groups is 1. The van der Waals surface area contributed by atoms with Gasteiger partial charge in [-0.2, -0.15) is 0 Å². The van der Waals surface area contributed by atoms with E-state index in [1.54, 1.807) is 4.90 Å². The second-order valence-electron chi connectivity index (χ2n) is 5.30. The summed E-state index contributed by atoms with van der Waals surface area (Å²) in [7, 11) is 0. The molecule has 1 aromatic rings. The molecule has 122 valence electrons. The first-order valence-corrected chi connectivity index (χ1v) is 7.14. The number of likely N-dealkylation sites (tertiary alicyclic amines) is 1. The predicted octanol–water partition coefficient (Wildman–Crippen LogP) is 2.50. The SMILES string of the molecule is O=C(CCc1ccc(OC(F)(F)F)cc1)N1CCC(O)CC1. The van der Waals surface area contributed by atoms with Crippen molar-refractivity contribution >= 4 is 5.91 Å². The Morgan fingerprint density at radius 1 is 1.23 bits per heavy atom. The number of ether oxygens (including phenoxy) is 1. The summed E-state index contributed by atoms with van der Waals surface area (Å²) in [6, 6.07) is 5.53. The average Bonchev–Trinajstić information content (AvgIpc) is 2.45. The lowest BCUT2D eigenvalue weighted by Crippen LogP contribution is -2.40. The Hall–Kier alpha value is -1.76. The van der Waals surface area contributed by atoms with E-state index in [0.717, 1.165) is 5.56 Å². The van der Waals surface area contributed by atoms with Crippen LogP contribution in [0.2, 0.25) is 0 Å². The lowest BCUT2D eigenvalue weighted by atomic mass is 10.1. The number of hydrogen-bond donors (Lipinski definition) is 1. The minimum atomic E-state index is -4.70. The summed E-state index contributed by atoms with van der Waals surface area (Å²) in [4.78, 5) is 13.7. The zero-order valence-corrected chi connectivity index (χ0v) is 12.0. The molecule has 0 bridgehead atoms. The van der Waals surface area contributed by atoms with E-state index in [4.69, 9.17) is 0 Å². The minimum absolute atomic E-state index is 0.00233. The summed E-state index contributed by atoms with van der Waals surface area (Å²) in [6.07, 6.45) is -3.08. The molecule has 1 aliphatic heterocycles. The van der Waals surface area contributed by atoms with Crippen molar-refractivity contribution < 1.29 is 27.8 Å². The molecule has 2 rings (SSSR count). The quantitative estimate of drug-likeness (QED) is 0.928. The second-order valence-corrected chi connectivity index (χ2v) is 5.30. The fourth-order valence-electron chi connectivity index (χ4n) is 2.38. The lowest BCUT2D eigenvalue weighted by Gasteiger charge is -2.29. The van der Waals surface area contributed by atoms with Gasteiger partial charge in [0.2, 0.25) is 5.91 Å². The zero-order valence-electron chi connectivity index (χ0n) is 12.0. The molecule has 0 unspecified atom stereocenters. The lowest BCUT2D eigenvalue weighted by molar-refractivity contribution is -0.274. The third kappa shape index (κ3) is 5.22. The monoisotopic (exact) mass is 317 g/mol. The molecule has 0 spiro atoms. The number of carbonyl (C=O) groups is 1. The summed E-state index contributed by atoms with van der Waals surface area (Å²) in [5.41, 5.74) is 0.778. The van der Waals surface area contributed by atoms with Crippen LogP contribution < -0.4 is 4.74 Å². The number of piperidine rings is 1. The van der Waals surface area contributed by atoms with Gasteiger partial charge >= 0.3 is 6.36 Å². The maximum Gasteiger partial charge on any atom is 0.573 e. The Morgan fingerprint density at radius 3 is 2.36 bits per heavy atom. The van der Waals surface area contributed by atoms with Crippen molar-refractivity contribution in [1.82, 2.24) is 4.90 Å². The maximum atomic E-state index is 12.0. The first kappa shape index (κ1) is 16.6. The number of amides is 1. The number of halogens is 3. The normalized spacial score (nSPS) is 16.6. The van der Waals surface area contributed by atoms with Gasteiger partial charge in [-0.3, -0.25) is 4.79 Å². The van der Waals surface area contributed by atoms with Crippen molar-refractivity contribution in [3.8, 4) is 5.75 Å². The Labute approximate surface area is 126 Å². The van der Waals surface area contributed by atoms with Crippen molar-refractivity contribution in [2.75, 3.05) is 13.1 Å². The van der Waals surface area contributed by atoms with Crippen LogP contribution in [0.4, 0.5) is 13.2 Å². The summed E-state index contributed by atoms with van der Waals surface area (Å²) in [5.74, 6) is -0.268. The molecule has 1 N–H and O–H groups in total. The molecule has 1 amide bonds.